The van der Waals surface area contributed by atoms with E-state index in [0.29, 0.717) is 10.8 Å². The molecule has 1 amide bonds. The van der Waals surface area contributed by atoms with Gasteiger partial charge in [-0.05, 0) is 60.5 Å². The van der Waals surface area contributed by atoms with Gasteiger partial charge < -0.3 is 10.1 Å². The number of thioether (sulfide) groups is 1. The molecule has 0 unspecified atom stereocenters. The number of hydrogen-bond donors (Lipinski definition) is 1. The number of ether oxygens (including phenoxy) is 1. The lowest BCUT2D eigenvalue weighted by Gasteiger charge is -2.13. The lowest BCUT2D eigenvalue weighted by molar-refractivity contribution is -0.150. The number of para-hydroxylation sites is 1. The van der Waals surface area contributed by atoms with E-state index in [9.17, 15) is 9.59 Å². The first-order valence-electron chi connectivity index (χ1n) is 8.98. The third-order valence-electron chi connectivity index (χ3n) is 4.07. The molecule has 3 aromatic rings. The largest absolute Gasteiger partial charge is 0.452 e. The Morgan fingerprint density at radius 3 is 2.69 bits per heavy atom. The van der Waals surface area contributed by atoms with Gasteiger partial charge >= 0.3 is 5.97 Å². The molecule has 3 rings (SSSR count). The van der Waals surface area contributed by atoms with Crippen molar-refractivity contribution < 1.29 is 14.3 Å². The SMILES string of the molecule is Cc1ccc(C)c(-n2nnnc2SCC(=O)O[C@H](C)C(=O)Nc2ccccc2)c1. The first-order valence-corrected chi connectivity index (χ1v) is 9.97. The number of benzene rings is 2. The Bertz CT molecular complexity index is 1010. The van der Waals surface area contributed by atoms with E-state index in [1.54, 1.807) is 16.8 Å². The van der Waals surface area contributed by atoms with Crippen molar-refractivity contribution in [2.75, 3.05) is 11.1 Å². The summed E-state index contributed by atoms with van der Waals surface area (Å²) in [6, 6.07) is 15.0. The monoisotopic (exact) mass is 411 g/mol. The van der Waals surface area contributed by atoms with Gasteiger partial charge in [0.25, 0.3) is 5.91 Å². The molecule has 0 aliphatic heterocycles. The number of nitrogens with one attached hydrogen (secondary N) is 1. The van der Waals surface area contributed by atoms with Crippen LogP contribution >= 0.6 is 11.8 Å². The van der Waals surface area contributed by atoms with Crippen LogP contribution in [0.2, 0.25) is 0 Å². The van der Waals surface area contributed by atoms with Gasteiger partial charge in [0.2, 0.25) is 5.16 Å². The molecule has 0 saturated heterocycles. The minimum absolute atomic E-state index is 0.0196. The Labute approximate surface area is 172 Å². The van der Waals surface area contributed by atoms with Gasteiger partial charge in [0.1, 0.15) is 0 Å². The lowest BCUT2D eigenvalue weighted by Crippen LogP contribution is -2.30. The van der Waals surface area contributed by atoms with Gasteiger partial charge in [-0.2, -0.15) is 4.68 Å². The first-order chi connectivity index (χ1) is 13.9. The average Bonchev–Trinajstić information content (AvgIpc) is 3.17. The predicted octanol–water partition coefficient (Wildman–Crippen LogP) is 2.94. The number of tetrazole rings is 1. The second-order valence-electron chi connectivity index (χ2n) is 6.44. The third kappa shape index (κ3) is 5.41. The van der Waals surface area contributed by atoms with Crippen molar-refractivity contribution in [2.24, 2.45) is 0 Å². The average molecular weight is 411 g/mol. The number of aromatic nitrogens is 4. The van der Waals surface area contributed by atoms with Crippen LogP contribution in [0.4, 0.5) is 5.69 Å². The maximum atomic E-state index is 12.2. The van der Waals surface area contributed by atoms with Crippen molar-refractivity contribution in [3.05, 3.63) is 59.7 Å². The van der Waals surface area contributed by atoms with Crippen molar-refractivity contribution in [3.63, 3.8) is 0 Å². The Morgan fingerprint density at radius 1 is 1.17 bits per heavy atom. The lowest BCUT2D eigenvalue weighted by atomic mass is 10.1. The van der Waals surface area contributed by atoms with E-state index in [-0.39, 0.29) is 5.75 Å². The summed E-state index contributed by atoms with van der Waals surface area (Å²) in [7, 11) is 0. The molecule has 2 aromatic carbocycles. The topological polar surface area (TPSA) is 99.0 Å². The number of amides is 1. The van der Waals surface area contributed by atoms with Crippen LogP contribution in [-0.4, -0.2) is 43.9 Å². The molecule has 1 heterocycles. The fraction of sp³-hybridized carbons (Fsp3) is 0.250. The molecule has 150 valence electrons. The number of hydrogen-bond acceptors (Lipinski definition) is 7. The minimum atomic E-state index is -0.918. The molecule has 0 fully saturated rings. The number of carbonyl (C=O) groups is 2. The van der Waals surface area contributed by atoms with Crippen LogP contribution in [0.5, 0.6) is 0 Å². The van der Waals surface area contributed by atoms with Gasteiger partial charge in [0.05, 0.1) is 11.4 Å². The van der Waals surface area contributed by atoms with Crippen molar-refractivity contribution in [1.29, 1.82) is 0 Å². The molecule has 1 aromatic heterocycles. The highest BCUT2D eigenvalue weighted by Crippen LogP contribution is 2.22. The predicted molar refractivity (Wildman–Crippen MR) is 110 cm³/mol. The van der Waals surface area contributed by atoms with Gasteiger partial charge in [-0.15, -0.1) is 5.10 Å². The summed E-state index contributed by atoms with van der Waals surface area (Å²) in [6.45, 7) is 5.48. The highest BCUT2D eigenvalue weighted by molar-refractivity contribution is 7.99. The van der Waals surface area contributed by atoms with Crippen molar-refractivity contribution in [1.82, 2.24) is 20.2 Å². The smallest absolute Gasteiger partial charge is 0.317 e. The second kappa shape index (κ2) is 9.33. The first kappa shape index (κ1) is 20.5. The Hall–Kier alpha value is -3.20. The minimum Gasteiger partial charge on any atom is -0.452 e. The molecular weight excluding hydrogens is 390 g/mol. The summed E-state index contributed by atoms with van der Waals surface area (Å²) in [6.07, 6.45) is -0.918. The molecule has 1 N–H and O–H groups in total. The molecule has 0 saturated carbocycles. The van der Waals surface area contributed by atoms with Crippen LogP contribution in [0, 0.1) is 13.8 Å². The van der Waals surface area contributed by atoms with Crippen LogP contribution in [0.25, 0.3) is 5.69 Å². The molecule has 9 heteroatoms. The zero-order chi connectivity index (χ0) is 20.8. The van der Waals surface area contributed by atoms with Crippen LogP contribution in [0.15, 0.2) is 53.7 Å². The van der Waals surface area contributed by atoms with E-state index >= 15 is 0 Å². The van der Waals surface area contributed by atoms with Gasteiger partial charge in [0, 0.05) is 5.69 Å². The molecule has 0 spiro atoms. The Balaban J connectivity index is 1.57. The maximum Gasteiger partial charge on any atom is 0.317 e. The van der Waals surface area contributed by atoms with Crippen molar-refractivity contribution >= 4 is 29.3 Å². The fourth-order valence-corrected chi connectivity index (χ4v) is 3.21. The van der Waals surface area contributed by atoms with Crippen molar-refractivity contribution in [2.45, 2.75) is 32.0 Å². The molecule has 0 radical (unpaired) electrons. The summed E-state index contributed by atoms with van der Waals surface area (Å²) in [5.41, 5.74) is 3.58. The summed E-state index contributed by atoms with van der Waals surface area (Å²) in [5.74, 6) is -0.940. The van der Waals surface area contributed by atoms with E-state index in [4.69, 9.17) is 4.74 Å². The van der Waals surface area contributed by atoms with Crippen LogP contribution in [-0.2, 0) is 14.3 Å². The Morgan fingerprint density at radius 2 is 1.93 bits per heavy atom. The van der Waals surface area contributed by atoms with Gasteiger partial charge in [-0.3, -0.25) is 9.59 Å². The highest BCUT2D eigenvalue weighted by Gasteiger charge is 2.19. The van der Waals surface area contributed by atoms with E-state index in [0.717, 1.165) is 28.6 Å². The molecule has 0 bridgehead atoms. The van der Waals surface area contributed by atoms with Crippen LogP contribution in [0.3, 0.4) is 0 Å². The maximum absolute atomic E-state index is 12.2. The second-order valence-corrected chi connectivity index (χ2v) is 7.38. The number of aryl methyl sites for hydroxylation is 2. The summed E-state index contributed by atoms with van der Waals surface area (Å²) in [4.78, 5) is 24.3. The number of rotatable bonds is 7. The molecule has 1 atom stereocenters. The van der Waals surface area contributed by atoms with Crippen LogP contribution < -0.4 is 5.32 Å². The number of carbonyl (C=O) groups excluding carboxylic acids is 2. The van der Waals surface area contributed by atoms with Gasteiger partial charge in [-0.1, -0.05) is 42.1 Å². The third-order valence-corrected chi connectivity index (χ3v) is 4.96. The molecular formula is C20H21N5O3S. The molecule has 0 aliphatic carbocycles. The number of esters is 1. The quantitative estimate of drug-likeness (QED) is 0.471. The zero-order valence-electron chi connectivity index (χ0n) is 16.3. The number of nitrogens with zero attached hydrogens (tertiary/aromatic N) is 4. The standard InChI is InChI=1S/C20H21N5O3S/c1-13-9-10-14(2)17(11-13)25-20(22-23-24-25)29-12-18(26)28-15(3)19(27)21-16-7-5-4-6-8-16/h4-11,15H,12H2,1-3H3,(H,21,27)/t15-/m1/s1. The van der Waals surface area contributed by atoms with Gasteiger partial charge in [0.15, 0.2) is 6.10 Å². The van der Waals surface area contributed by atoms with E-state index < -0.39 is 18.0 Å². The fourth-order valence-electron chi connectivity index (χ4n) is 2.54. The van der Waals surface area contributed by atoms with Gasteiger partial charge in [-0.25, -0.2) is 0 Å². The van der Waals surface area contributed by atoms with E-state index in [1.807, 2.05) is 50.2 Å². The Kier molecular flexibility index (Phi) is 6.61. The van der Waals surface area contributed by atoms with Crippen molar-refractivity contribution in [3.8, 4) is 5.69 Å². The highest BCUT2D eigenvalue weighted by atomic mass is 32.2. The normalized spacial score (nSPS) is 11.7. The summed E-state index contributed by atoms with van der Waals surface area (Å²) in [5, 5.41) is 14.9. The van der Waals surface area contributed by atoms with E-state index in [1.165, 1.54) is 6.92 Å². The zero-order valence-corrected chi connectivity index (χ0v) is 17.1. The molecule has 8 nitrogen and oxygen atoms in total. The number of anilines is 1. The summed E-state index contributed by atoms with van der Waals surface area (Å²) < 4.78 is 6.81. The van der Waals surface area contributed by atoms with Crippen LogP contribution in [0.1, 0.15) is 18.1 Å². The van der Waals surface area contributed by atoms with E-state index in [2.05, 4.69) is 20.8 Å². The molecule has 29 heavy (non-hydrogen) atoms. The molecule has 0 aliphatic rings. The summed E-state index contributed by atoms with van der Waals surface area (Å²) >= 11 is 1.15.